The van der Waals surface area contributed by atoms with Crippen molar-refractivity contribution in [2.45, 2.75) is 76.6 Å². The van der Waals surface area contributed by atoms with E-state index in [1.54, 1.807) is 0 Å². The standard InChI is InChI=1S/C18H34N4O5/c1-11(2)10-13(17(25)22-9-5-7-14(22)18(26)27)21-16(24)15(23)12(20)6-3-4-8-19/h11-15,23H,3-10,19-20H2,1-2H3,(H,21,24)(H,26,27)/t12?,13?,14-,15?/m0/s1. The van der Waals surface area contributed by atoms with Crippen LogP contribution >= 0.6 is 0 Å². The van der Waals surface area contributed by atoms with Crippen LogP contribution < -0.4 is 16.8 Å². The van der Waals surface area contributed by atoms with Gasteiger partial charge in [-0.1, -0.05) is 20.3 Å². The van der Waals surface area contributed by atoms with E-state index in [0.29, 0.717) is 45.2 Å². The number of carboxylic acids is 1. The summed E-state index contributed by atoms with van der Waals surface area (Å²) in [6.07, 6.45) is 1.83. The normalized spacial score (nSPS) is 20.4. The number of nitrogens with one attached hydrogen (secondary N) is 1. The van der Waals surface area contributed by atoms with Crippen molar-refractivity contribution in [1.29, 1.82) is 0 Å². The highest BCUT2D eigenvalue weighted by Gasteiger charge is 2.38. The molecule has 1 saturated heterocycles. The Labute approximate surface area is 160 Å². The Kier molecular flexibility index (Phi) is 9.68. The molecular weight excluding hydrogens is 352 g/mol. The SMILES string of the molecule is CC(C)CC(NC(=O)C(O)C(N)CCCCN)C(=O)N1CCC[C@H]1C(=O)O. The molecular formula is C18H34N4O5. The van der Waals surface area contributed by atoms with Crippen molar-refractivity contribution in [2.24, 2.45) is 17.4 Å². The zero-order chi connectivity index (χ0) is 20.6. The molecule has 1 heterocycles. The minimum atomic E-state index is -1.43. The van der Waals surface area contributed by atoms with Gasteiger partial charge in [0.25, 0.3) is 5.91 Å². The molecule has 0 bridgehead atoms. The summed E-state index contributed by atoms with van der Waals surface area (Å²) < 4.78 is 0. The molecule has 156 valence electrons. The molecule has 1 fully saturated rings. The number of likely N-dealkylation sites (tertiary alicyclic amines) is 1. The van der Waals surface area contributed by atoms with Gasteiger partial charge in [0.05, 0.1) is 0 Å². The van der Waals surface area contributed by atoms with Crippen LogP contribution in [-0.2, 0) is 14.4 Å². The Morgan fingerprint density at radius 1 is 1.26 bits per heavy atom. The number of nitrogens with two attached hydrogens (primary N) is 2. The molecule has 1 rings (SSSR count). The number of amides is 2. The second-order valence-corrected chi connectivity index (χ2v) is 7.61. The minimum absolute atomic E-state index is 0.0977. The van der Waals surface area contributed by atoms with E-state index in [2.05, 4.69) is 5.32 Å². The third-order valence-corrected chi connectivity index (χ3v) is 4.81. The smallest absolute Gasteiger partial charge is 0.326 e. The van der Waals surface area contributed by atoms with Crippen molar-refractivity contribution in [1.82, 2.24) is 10.2 Å². The Bertz CT molecular complexity index is 514. The van der Waals surface area contributed by atoms with Crippen LogP contribution in [0.2, 0.25) is 0 Å². The van der Waals surface area contributed by atoms with E-state index >= 15 is 0 Å². The molecule has 0 aliphatic carbocycles. The number of rotatable bonds is 11. The van der Waals surface area contributed by atoms with Gasteiger partial charge in [-0.15, -0.1) is 0 Å². The molecule has 4 atom stereocenters. The van der Waals surface area contributed by atoms with E-state index in [1.807, 2.05) is 13.8 Å². The lowest BCUT2D eigenvalue weighted by atomic mass is 10.00. The number of hydrogen-bond donors (Lipinski definition) is 5. The molecule has 0 aromatic heterocycles. The highest BCUT2D eigenvalue weighted by molar-refractivity contribution is 5.92. The number of carbonyl (C=O) groups is 3. The first-order valence-corrected chi connectivity index (χ1v) is 9.66. The molecule has 3 unspecified atom stereocenters. The predicted octanol–water partition coefficient (Wildman–Crippen LogP) is -0.590. The van der Waals surface area contributed by atoms with Gasteiger partial charge >= 0.3 is 5.97 Å². The lowest BCUT2D eigenvalue weighted by Gasteiger charge is -2.29. The van der Waals surface area contributed by atoms with Crippen LogP contribution in [0.4, 0.5) is 0 Å². The average molecular weight is 386 g/mol. The molecule has 27 heavy (non-hydrogen) atoms. The maximum Gasteiger partial charge on any atom is 0.326 e. The van der Waals surface area contributed by atoms with Crippen LogP contribution in [0.25, 0.3) is 0 Å². The van der Waals surface area contributed by atoms with Crippen LogP contribution in [0.3, 0.4) is 0 Å². The fourth-order valence-electron chi connectivity index (χ4n) is 3.31. The summed E-state index contributed by atoms with van der Waals surface area (Å²) >= 11 is 0. The van der Waals surface area contributed by atoms with Crippen LogP contribution in [0.15, 0.2) is 0 Å². The second-order valence-electron chi connectivity index (χ2n) is 7.61. The summed E-state index contributed by atoms with van der Waals surface area (Å²) in [5.74, 6) is -2.08. The van der Waals surface area contributed by atoms with Crippen LogP contribution in [0, 0.1) is 5.92 Å². The average Bonchev–Trinajstić information content (AvgIpc) is 3.09. The number of aliphatic hydroxyl groups is 1. The number of aliphatic carboxylic acids is 1. The van der Waals surface area contributed by atoms with Gasteiger partial charge in [-0.3, -0.25) is 9.59 Å². The van der Waals surface area contributed by atoms with Crippen LogP contribution in [0.5, 0.6) is 0 Å². The Balaban J connectivity index is 2.77. The lowest BCUT2D eigenvalue weighted by Crippen LogP contribution is -2.56. The third kappa shape index (κ3) is 7.08. The van der Waals surface area contributed by atoms with Crippen molar-refractivity contribution in [3.05, 3.63) is 0 Å². The topological polar surface area (TPSA) is 159 Å². The largest absolute Gasteiger partial charge is 0.480 e. The van der Waals surface area contributed by atoms with Gasteiger partial charge in [-0.25, -0.2) is 4.79 Å². The predicted molar refractivity (Wildman–Crippen MR) is 101 cm³/mol. The lowest BCUT2D eigenvalue weighted by molar-refractivity contribution is -0.150. The fraction of sp³-hybridized carbons (Fsp3) is 0.833. The Hall–Kier alpha value is -1.71. The first-order chi connectivity index (χ1) is 12.7. The van der Waals surface area contributed by atoms with Gasteiger partial charge in [0.1, 0.15) is 18.2 Å². The molecule has 0 spiro atoms. The molecule has 2 amide bonds. The van der Waals surface area contributed by atoms with Crippen LogP contribution in [0.1, 0.15) is 52.4 Å². The number of carbonyl (C=O) groups excluding carboxylic acids is 2. The molecule has 0 aromatic carbocycles. The zero-order valence-electron chi connectivity index (χ0n) is 16.3. The van der Waals surface area contributed by atoms with Crippen molar-refractivity contribution in [3.8, 4) is 0 Å². The first-order valence-electron chi connectivity index (χ1n) is 9.66. The van der Waals surface area contributed by atoms with E-state index in [9.17, 15) is 24.6 Å². The van der Waals surface area contributed by atoms with Gasteiger partial charge < -0.3 is 31.9 Å². The minimum Gasteiger partial charge on any atom is -0.480 e. The second kappa shape index (κ2) is 11.2. The van der Waals surface area contributed by atoms with Gasteiger partial charge in [0.15, 0.2) is 0 Å². The monoisotopic (exact) mass is 386 g/mol. The number of unbranched alkanes of at least 4 members (excludes halogenated alkanes) is 1. The van der Waals surface area contributed by atoms with Gasteiger partial charge in [-0.05, 0) is 44.6 Å². The van der Waals surface area contributed by atoms with Crippen molar-refractivity contribution >= 4 is 17.8 Å². The molecule has 9 nitrogen and oxygen atoms in total. The molecule has 1 aliphatic rings. The van der Waals surface area contributed by atoms with Crippen molar-refractivity contribution in [2.75, 3.05) is 13.1 Å². The summed E-state index contributed by atoms with van der Waals surface area (Å²) in [6, 6.07) is -2.50. The van der Waals surface area contributed by atoms with Crippen molar-refractivity contribution < 1.29 is 24.6 Å². The molecule has 0 radical (unpaired) electrons. The zero-order valence-corrected chi connectivity index (χ0v) is 16.3. The van der Waals surface area contributed by atoms with Crippen LogP contribution in [-0.4, -0.2) is 70.2 Å². The Morgan fingerprint density at radius 3 is 2.48 bits per heavy atom. The highest BCUT2D eigenvalue weighted by atomic mass is 16.4. The third-order valence-electron chi connectivity index (χ3n) is 4.81. The molecule has 9 heteroatoms. The fourth-order valence-corrected chi connectivity index (χ4v) is 3.31. The van der Waals surface area contributed by atoms with E-state index < -0.39 is 42.0 Å². The van der Waals surface area contributed by atoms with E-state index in [1.165, 1.54) is 4.90 Å². The molecule has 0 saturated carbocycles. The maximum atomic E-state index is 12.9. The van der Waals surface area contributed by atoms with E-state index in [-0.39, 0.29) is 5.92 Å². The Morgan fingerprint density at radius 2 is 1.93 bits per heavy atom. The van der Waals surface area contributed by atoms with E-state index in [4.69, 9.17) is 11.5 Å². The van der Waals surface area contributed by atoms with Crippen molar-refractivity contribution in [3.63, 3.8) is 0 Å². The summed E-state index contributed by atoms with van der Waals surface area (Å²) in [6.45, 7) is 4.67. The van der Waals surface area contributed by atoms with E-state index in [0.717, 1.165) is 6.42 Å². The van der Waals surface area contributed by atoms with Gasteiger partial charge in [0, 0.05) is 12.6 Å². The summed E-state index contributed by atoms with van der Waals surface area (Å²) in [5.41, 5.74) is 11.3. The molecule has 7 N–H and O–H groups in total. The molecule has 1 aliphatic heterocycles. The summed E-state index contributed by atoms with van der Waals surface area (Å²) in [5, 5.41) is 22.0. The summed E-state index contributed by atoms with van der Waals surface area (Å²) in [4.78, 5) is 37.9. The maximum absolute atomic E-state index is 12.9. The number of carboxylic acid groups (broad SMARTS) is 1. The molecule has 0 aromatic rings. The number of nitrogens with zero attached hydrogens (tertiary/aromatic N) is 1. The first kappa shape index (κ1) is 23.3. The summed E-state index contributed by atoms with van der Waals surface area (Å²) in [7, 11) is 0. The van der Waals surface area contributed by atoms with Gasteiger partial charge in [0.2, 0.25) is 5.91 Å². The number of hydrogen-bond acceptors (Lipinski definition) is 6. The van der Waals surface area contributed by atoms with Gasteiger partial charge in [-0.2, -0.15) is 0 Å². The highest BCUT2D eigenvalue weighted by Crippen LogP contribution is 2.20. The quantitative estimate of drug-likeness (QED) is 0.297. The number of aliphatic hydroxyl groups excluding tert-OH is 1.